The van der Waals surface area contributed by atoms with Crippen molar-refractivity contribution in [1.29, 1.82) is 0 Å². The molecule has 0 atom stereocenters. The van der Waals surface area contributed by atoms with Crippen LogP contribution in [0.1, 0.15) is 0 Å². The molecule has 0 saturated carbocycles. The maximum Gasteiger partial charge on any atom is 0.0947 e. The molecule has 0 aliphatic rings. The van der Waals surface area contributed by atoms with Crippen molar-refractivity contribution in [2.45, 2.75) is 0 Å². The molecule has 2 nitrogen and oxygen atoms in total. The molecule has 3 aromatic rings. The number of benzene rings is 2. The average Bonchev–Trinajstić information content (AvgIpc) is 2.52. The molecular weight excluding hydrogens is 374 g/mol. The van der Waals surface area contributed by atoms with Crippen molar-refractivity contribution in [3.63, 3.8) is 0 Å². The number of rotatable bonds is 2. The number of halogens is 4. The molecule has 0 aliphatic carbocycles. The van der Waals surface area contributed by atoms with Gasteiger partial charge in [-0.25, -0.2) is 0 Å². The Morgan fingerprint density at radius 1 is 0.739 bits per heavy atom. The Labute approximate surface area is 153 Å². The van der Waals surface area contributed by atoms with Gasteiger partial charge in [-0.1, -0.05) is 46.4 Å². The monoisotopic (exact) mass is 382 g/mol. The van der Waals surface area contributed by atoms with Crippen LogP contribution in [0.3, 0.4) is 0 Å². The second-order valence-electron chi connectivity index (χ2n) is 4.91. The molecule has 0 aliphatic heterocycles. The largest absolute Gasteiger partial charge is 0.397 e. The van der Waals surface area contributed by atoms with Gasteiger partial charge in [-0.2, -0.15) is 0 Å². The second-order valence-corrected chi connectivity index (χ2v) is 6.60. The lowest BCUT2D eigenvalue weighted by molar-refractivity contribution is 1.33. The van der Waals surface area contributed by atoms with E-state index in [-0.39, 0.29) is 0 Å². The van der Waals surface area contributed by atoms with Crippen molar-refractivity contribution in [2.75, 3.05) is 5.73 Å². The molecule has 0 saturated heterocycles. The van der Waals surface area contributed by atoms with E-state index in [1.165, 1.54) is 0 Å². The summed E-state index contributed by atoms with van der Waals surface area (Å²) in [5, 5.41) is 2.25. The average molecular weight is 384 g/mol. The summed E-state index contributed by atoms with van der Waals surface area (Å²) in [6.45, 7) is 0. The van der Waals surface area contributed by atoms with E-state index in [1.807, 2.05) is 0 Å². The first-order chi connectivity index (χ1) is 11.0. The van der Waals surface area contributed by atoms with Crippen LogP contribution in [0.5, 0.6) is 0 Å². The summed E-state index contributed by atoms with van der Waals surface area (Å²) in [4.78, 5) is 4.43. The molecule has 2 aromatic carbocycles. The Morgan fingerprint density at radius 2 is 1.30 bits per heavy atom. The Bertz CT molecular complexity index is 894. The van der Waals surface area contributed by atoms with Gasteiger partial charge in [-0.3, -0.25) is 4.98 Å². The number of hydrogen-bond donors (Lipinski definition) is 1. The smallest absolute Gasteiger partial charge is 0.0947 e. The third kappa shape index (κ3) is 3.41. The molecule has 0 bridgehead atoms. The van der Waals surface area contributed by atoms with E-state index >= 15 is 0 Å². The van der Waals surface area contributed by atoms with Crippen LogP contribution in [-0.2, 0) is 0 Å². The first-order valence-corrected chi connectivity index (χ1v) is 8.13. The van der Waals surface area contributed by atoms with Gasteiger partial charge in [0, 0.05) is 38.0 Å². The third-order valence-electron chi connectivity index (χ3n) is 3.34. The summed E-state index contributed by atoms with van der Waals surface area (Å²) in [6.07, 6.45) is 1.68. The molecule has 0 radical (unpaired) electrons. The van der Waals surface area contributed by atoms with Gasteiger partial charge in [-0.15, -0.1) is 0 Å². The van der Waals surface area contributed by atoms with Crippen molar-refractivity contribution < 1.29 is 0 Å². The zero-order valence-electron chi connectivity index (χ0n) is 11.7. The minimum Gasteiger partial charge on any atom is -0.397 e. The lowest BCUT2D eigenvalue weighted by atomic mass is 10.0. The Morgan fingerprint density at radius 3 is 1.91 bits per heavy atom. The van der Waals surface area contributed by atoms with Crippen LogP contribution in [0.25, 0.3) is 22.4 Å². The highest BCUT2D eigenvalue weighted by Gasteiger charge is 2.12. The van der Waals surface area contributed by atoms with E-state index < -0.39 is 0 Å². The van der Waals surface area contributed by atoms with Gasteiger partial charge in [0.2, 0.25) is 0 Å². The third-order valence-corrected chi connectivity index (χ3v) is 4.47. The van der Waals surface area contributed by atoms with E-state index in [9.17, 15) is 0 Å². The van der Waals surface area contributed by atoms with Gasteiger partial charge in [0.15, 0.2) is 0 Å². The van der Waals surface area contributed by atoms with E-state index in [1.54, 1.807) is 48.7 Å². The van der Waals surface area contributed by atoms with E-state index in [2.05, 4.69) is 4.98 Å². The van der Waals surface area contributed by atoms with Crippen molar-refractivity contribution in [3.05, 3.63) is 68.8 Å². The number of anilines is 1. The highest BCUT2D eigenvalue weighted by Crippen LogP contribution is 2.36. The van der Waals surface area contributed by atoms with E-state index in [4.69, 9.17) is 52.1 Å². The number of aromatic nitrogens is 1. The predicted molar refractivity (Wildman–Crippen MR) is 99.6 cm³/mol. The number of nitrogen functional groups attached to an aromatic ring is 1. The summed E-state index contributed by atoms with van der Waals surface area (Å²) < 4.78 is 0. The first kappa shape index (κ1) is 16.4. The summed E-state index contributed by atoms with van der Waals surface area (Å²) >= 11 is 24.5. The van der Waals surface area contributed by atoms with Crippen molar-refractivity contribution in [3.8, 4) is 22.4 Å². The van der Waals surface area contributed by atoms with Crippen molar-refractivity contribution in [1.82, 2.24) is 4.98 Å². The van der Waals surface area contributed by atoms with Gasteiger partial charge in [-0.05, 0) is 42.5 Å². The van der Waals surface area contributed by atoms with Crippen LogP contribution in [0, 0.1) is 0 Å². The predicted octanol–water partition coefficient (Wildman–Crippen LogP) is 6.61. The maximum absolute atomic E-state index is 6.22. The molecule has 0 fully saturated rings. The maximum atomic E-state index is 6.22. The quantitative estimate of drug-likeness (QED) is 0.540. The standard InChI is InChI=1S/C17H10Cl4N2/c18-10-1-3-14(20)12(6-10)9-5-16(22)17(23-8-9)13-7-11(19)2-4-15(13)21/h1-8H,22H2. The Balaban J connectivity index is 2.11. The van der Waals surface area contributed by atoms with Crippen LogP contribution < -0.4 is 5.73 Å². The molecule has 0 amide bonds. The number of pyridine rings is 1. The SMILES string of the molecule is Nc1cc(-c2cc(Cl)ccc2Cl)cnc1-c1cc(Cl)ccc1Cl. The van der Waals surface area contributed by atoms with E-state index in [0.29, 0.717) is 37.0 Å². The van der Waals surface area contributed by atoms with Crippen LogP contribution in [0.2, 0.25) is 20.1 Å². The van der Waals surface area contributed by atoms with Crippen LogP contribution in [0.15, 0.2) is 48.7 Å². The van der Waals surface area contributed by atoms with Gasteiger partial charge in [0.1, 0.15) is 0 Å². The number of nitrogens with two attached hydrogens (primary N) is 1. The fourth-order valence-corrected chi connectivity index (χ4v) is 3.03. The summed E-state index contributed by atoms with van der Waals surface area (Å²) in [7, 11) is 0. The van der Waals surface area contributed by atoms with Crippen LogP contribution >= 0.6 is 46.4 Å². The van der Waals surface area contributed by atoms with Crippen LogP contribution in [-0.4, -0.2) is 4.98 Å². The molecule has 6 heteroatoms. The molecule has 23 heavy (non-hydrogen) atoms. The minimum atomic E-state index is 0.475. The minimum absolute atomic E-state index is 0.475. The zero-order valence-corrected chi connectivity index (χ0v) is 14.7. The lowest BCUT2D eigenvalue weighted by Gasteiger charge is -2.11. The molecule has 1 heterocycles. The summed E-state index contributed by atoms with van der Waals surface area (Å²) in [6, 6.07) is 12.2. The summed E-state index contributed by atoms with van der Waals surface area (Å²) in [5.74, 6) is 0. The van der Waals surface area contributed by atoms with Crippen LogP contribution in [0.4, 0.5) is 5.69 Å². The highest BCUT2D eigenvalue weighted by molar-refractivity contribution is 6.36. The Kier molecular flexibility index (Phi) is 4.69. The molecular formula is C17H10Cl4N2. The normalized spacial score (nSPS) is 10.8. The molecule has 0 spiro atoms. The fourth-order valence-electron chi connectivity index (χ4n) is 2.25. The van der Waals surface area contributed by atoms with E-state index in [0.717, 1.165) is 11.1 Å². The zero-order chi connectivity index (χ0) is 16.6. The number of hydrogen-bond acceptors (Lipinski definition) is 2. The molecule has 0 unspecified atom stereocenters. The molecule has 3 rings (SSSR count). The van der Waals surface area contributed by atoms with Gasteiger partial charge in [0.05, 0.1) is 16.4 Å². The number of nitrogens with zero attached hydrogens (tertiary/aromatic N) is 1. The highest BCUT2D eigenvalue weighted by atomic mass is 35.5. The Hall–Kier alpha value is -1.45. The summed E-state index contributed by atoms with van der Waals surface area (Å²) in [5.41, 5.74) is 9.42. The fraction of sp³-hybridized carbons (Fsp3) is 0. The molecule has 1 aromatic heterocycles. The van der Waals surface area contributed by atoms with Crippen molar-refractivity contribution >= 4 is 52.1 Å². The molecule has 116 valence electrons. The molecule has 2 N–H and O–H groups in total. The van der Waals surface area contributed by atoms with Gasteiger partial charge in [0.25, 0.3) is 0 Å². The first-order valence-electron chi connectivity index (χ1n) is 6.62. The van der Waals surface area contributed by atoms with Gasteiger partial charge < -0.3 is 5.73 Å². The topological polar surface area (TPSA) is 38.9 Å². The van der Waals surface area contributed by atoms with Crippen molar-refractivity contribution in [2.24, 2.45) is 0 Å². The van der Waals surface area contributed by atoms with Gasteiger partial charge >= 0.3 is 0 Å². The lowest BCUT2D eigenvalue weighted by Crippen LogP contribution is -1.95. The second kappa shape index (κ2) is 6.58.